The van der Waals surface area contributed by atoms with Gasteiger partial charge in [0.25, 0.3) is 5.91 Å². The van der Waals surface area contributed by atoms with Gasteiger partial charge in [-0.3, -0.25) is 9.78 Å². The second-order valence-corrected chi connectivity index (χ2v) is 12.4. The molecule has 0 atom stereocenters. The van der Waals surface area contributed by atoms with Crippen LogP contribution in [-0.2, 0) is 19.7 Å². The topological polar surface area (TPSA) is 120 Å². The van der Waals surface area contributed by atoms with Gasteiger partial charge in [-0.05, 0) is 65.7 Å². The highest BCUT2D eigenvalue weighted by atomic mass is 32.2. The van der Waals surface area contributed by atoms with Gasteiger partial charge in [-0.15, -0.1) is 0 Å². The van der Waals surface area contributed by atoms with Crippen molar-refractivity contribution >= 4 is 31.3 Å². The predicted molar refractivity (Wildman–Crippen MR) is 142 cm³/mol. The molecule has 0 unspecified atom stereocenters. The molecule has 4 aromatic rings. The van der Waals surface area contributed by atoms with Gasteiger partial charge in [0.2, 0.25) is 0 Å². The summed E-state index contributed by atoms with van der Waals surface area (Å²) >= 11 is 0. The van der Waals surface area contributed by atoms with Crippen LogP contribution in [0.4, 0.5) is 5.69 Å². The van der Waals surface area contributed by atoms with Crippen molar-refractivity contribution in [2.75, 3.05) is 24.9 Å². The van der Waals surface area contributed by atoms with Crippen LogP contribution in [0.3, 0.4) is 0 Å². The highest BCUT2D eigenvalue weighted by Crippen LogP contribution is 2.34. The van der Waals surface area contributed by atoms with Gasteiger partial charge in [-0.25, -0.2) is 16.8 Å². The zero-order chi connectivity index (χ0) is 26.8. The number of carbonyl (C=O) groups is 1. The van der Waals surface area contributed by atoms with Gasteiger partial charge in [0.05, 0.1) is 17.7 Å². The molecule has 4 rings (SSSR count). The molecule has 37 heavy (non-hydrogen) atoms. The minimum atomic E-state index is -3.58. The van der Waals surface area contributed by atoms with E-state index in [2.05, 4.69) is 10.3 Å². The van der Waals surface area contributed by atoms with E-state index < -0.39 is 25.6 Å². The predicted octanol–water partition coefficient (Wildman–Crippen LogP) is 4.48. The number of carbonyl (C=O) groups excluding carboxylic acids is 1. The quantitative estimate of drug-likeness (QED) is 0.370. The summed E-state index contributed by atoms with van der Waals surface area (Å²) in [6.45, 7) is 0. The number of hydrogen-bond donors (Lipinski definition) is 1. The Morgan fingerprint density at radius 3 is 2.24 bits per heavy atom. The first-order valence-corrected chi connectivity index (χ1v) is 14.8. The van der Waals surface area contributed by atoms with Gasteiger partial charge in [-0.1, -0.05) is 24.3 Å². The summed E-state index contributed by atoms with van der Waals surface area (Å²) in [6.07, 6.45) is 3.81. The van der Waals surface area contributed by atoms with Gasteiger partial charge in [0, 0.05) is 35.5 Å². The lowest BCUT2D eigenvalue weighted by atomic mass is 9.98. The Morgan fingerprint density at radius 1 is 0.811 bits per heavy atom. The first-order chi connectivity index (χ1) is 17.5. The Hall–Kier alpha value is -4.02. The van der Waals surface area contributed by atoms with Crippen molar-refractivity contribution in [1.29, 1.82) is 0 Å². The van der Waals surface area contributed by atoms with E-state index in [9.17, 15) is 21.6 Å². The molecule has 0 saturated heterocycles. The molecule has 0 aliphatic heterocycles. The summed E-state index contributed by atoms with van der Waals surface area (Å²) in [6, 6.07) is 21.3. The van der Waals surface area contributed by atoms with Crippen molar-refractivity contribution < 1.29 is 26.4 Å². The third-order valence-electron chi connectivity index (χ3n) is 5.62. The van der Waals surface area contributed by atoms with Crippen LogP contribution >= 0.6 is 0 Å². The molecular formula is C27H24N2O6S2. The highest BCUT2D eigenvalue weighted by Gasteiger charge is 2.20. The molecule has 8 nitrogen and oxygen atoms in total. The maximum absolute atomic E-state index is 13.4. The van der Waals surface area contributed by atoms with E-state index in [4.69, 9.17) is 4.74 Å². The van der Waals surface area contributed by atoms with Gasteiger partial charge in [0.1, 0.15) is 10.6 Å². The normalized spacial score (nSPS) is 11.6. The van der Waals surface area contributed by atoms with Crippen molar-refractivity contribution in [3.8, 4) is 28.1 Å². The van der Waals surface area contributed by atoms with E-state index in [-0.39, 0.29) is 21.1 Å². The molecule has 0 radical (unpaired) electrons. The lowest BCUT2D eigenvalue weighted by molar-refractivity contribution is 0.102. The highest BCUT2D eigenvalue weighted by molar-refractivity contribution is 7.91. The maximum Gasteiger partial charge on any atom is 0.256 e. The van der Waals surface area contributed by atoms with E-state index in [1.165, 1.54) is 43.5 Å². The van der Waals surface area contributed by atoms with E-state index >= 15 is 0 Å². The number of ether oxygens (including phenoxy) is 1. The first-order valence-electron chi connectivity index (χ1n) is 11.0. The number of benzene rings is 3. The average Bonchev–Trinajstić information content (AvgIpc) is 2.87. The molecule has 0 fully saturated rings. The minimum absolute atomic E-state index is 0.0161. The Labute approximate surface area is 215 Å². The van der Waals surface area contributed by atoms with Gasteiger partial charge >= 0.3 is 0 Å². The monoisotopic (exact) mass is 536 g/mol. The number of aromatic nitrogens is 1. The van der Waals surface area contributed by atoms with Crippen molar-refractivity contribution in [2.45, 2.75) is 9.79 Å². The maximum atomic E-state index is 13.4. The molecule has 1 heterocycles. The molecule has 0 aliphatic rings. The smallest absolute Gasteiger partial charge is 0.256 e. The third kappa shape index (κ3) is 5.87. The molecule has 0 aliphatic carbocycles. The van der Waals surface area contributed by atoms with Crippen molar-refractivity contribution in [1.82, 2.24) is 4.98 Å². The molecular weight excluding hydrogens is 512 g/mol. The Morgan fingerprint density at radius 2 is 1.59 bits per heavy atom. The van der Waals surface area contributed by atoms with Crippen molar-refractivity contribution in [3.63, 3.8) is 0 Å². The molecule has 0 bridgehead atoms. The lowest BCUT2D eigenvalue weighted by Gasteiger charge is -2.15. The first kappa shape index (κ1) is 26.1. The Kier molecular flexibility index (Phi) is 7.15. The number of rotatable bonds is 7. The number of nitrogens with one attached hydrogen (secondary N) is 1. The Bertz CT molecular complexity index is 1700. The number of hydrogen-bond acceptors (Lipinski definition) is 7. The Balaban J connectivity index is 1.79. The molecule has 0 saturated carbocycles. The van der Waals surface area contributed by atoms with Crippen molar-refractivity contribution in [2.24, 2.45) is 0 Å². The SMILES string of the molecule is COc1cc(-c2cc(S(C)(=O)=O)ccc2C(=O)Nc2cccc(-c3ccccn3)c2)ccc1S(C)(=O)=O. The summed E-state index contributed by atoms with van der Waals surface area (Å²) in [5.41, 5.74) is 3.00. The largest absolute Gasteiger partial charge is 0.495 e. The number of pyridine rings is 1. The number of nitrogens with zero attached hydrogens (tertiary/aromatic N) is 1. The molecule has 0 spiro atoms. The van der Waals surface area contributed by atoms with Crippen LogP contribution in [-0.4, -0.2) is 47.3 Å². The summed E-state index contributed by atoms with van der Waals surface area (Å²) in [4.78, 5) is 17.7. The number of methoxy groups -OCH3 is 1. The summed E-state index contributed by atoms with van der Waals surface area (Å²) in [5, 5.41) is 2.86. The van der Waals surface area contributed by atoms with Crippen LogP contribution in [0, 0.1) is 0 Å². The van der Waals surface area contributed by atoms with Gasteiger partial charge < -0.3 is 10.1 Å². The third-order valence-corrected chi connectivity index (χ3v) is 7.87. The molecule has 10 heteroatoms. The zero-order valence-corrected chi connectivity index (χ0v) is 21.9. The van der Waals surface area contributed by atoms with Gasteiger partial charge in [-0.2, -0.15) is 0 Å². The molecule has 190 valence electrons. The summed E-state index contributed by atoms with van der Waals surface area (Å²) in [5.74, 6) is -0.390. The molecule has 1 amide bonds. The fourth-order valence-electron chi connectivity index (χ4n) is 3.82. The van der Waals surface area contributed by atoms with E-state index in [1.807, 2.05) is 24.3 Å². The average molecular weight is 537 g/mol. The second kappa shape index (κ2) is 10.2. The van der Waals surface area contributed by atoms with Crippen LogP contribution in [0.15, 0.2) is 94.9 Å². The van der Waals surface area contributed by atoms with Crippen LogP contribution in [0.5, 0.6) is 5.75 Å². The number of anilines is 1. The van der Waals surface area contributed by atoms with E-state index in [0.717, 1.165) is 23.8 Å². The lowest BCUT2D eigenvalue weighted by Crippen LogP contribution is -2.14. The van der Waals surface area contributed by atoms with E-state index in [1.54, 1.807) is 24.4 Å². The van der Waals surface area contributed by atoms with Crippen LogP contribution in [0.2, 0.25) is 0 Å². The van der Waals surface area contributed by atoms with Gasteiger partial charge in [0.15, 0.2) is 19.7 Å². The fraction of sp³-hybridized carbons (Fsp3) is 0.111. The zero-order valence-electron chi connectivity index (χ0n) is 20.3. The van der Waals surface area contributed by atoms with Crippen molar-refractivity contribution in [3.05, 3.63) is 90.6 Å². The van der Waals surface area contributed by atoms with Crippen LogP contribution < -0.4 is 10.1 Å². The number of sulfone groups is 2. The molecule has 1 aromatic heterocycles. The fourth-order valence-corrected chi connectivity index (χ4v) is 5.29. The second-order valence-electron chi connectivity index (χ2n) is 8.37. The minimum Gasteiger partial charge on any atom is -0.495 e. The van der Waals surface area contributed by atoms with E-state index in [0.29, 0.717) is 16.8 Å². The van der Waals surface area contributed by atoms with Crippen LogP contribution in [0.1, 0.15) is 10.4 Å². The summed E-state index contributed by atoms with van der Waals surface area (Å²) in [7, 11) is -5.82. The standard InChI is InChI=1S/C27H24N2O6S2/c1-35-25-16-18(10-13-26(25)37(3,33)34)23-17-21(36(2,31)32)11-12-22(23)27(30)29-20-8-6-7-19(15-20)24-9-4-5-14-28-24/h4-17H,1-3H3,(H,29,30). The van der Waals surface area contributed by atoms with Crippen LogP contribution in [0.25, 0.3) is 22.4 Å². The molecule has 3 aromatic carbocycles. The number of amides is 1. The summed E-state index contributed by atoms with van der Waals surface area (Å²) < 4.78 is 54.0. The molecule has 1 N–H and O–H groups in total.